The number of carbonyl (C=O) groups is 2. The summed E-state index contributed by atoms with van der Waals surface area (Å²) in [6.07, 6.45) is 1.57. The fourth-order valence-corrected chi connectivity index (χ4v) is 2.52. The number of rotatable bonds is 2. The predicted octanol–water partition coefficient (Wildman–Crippen LogP) is 2.54. The number of urea groups is 1. The molecule has 0 radical (unpaired) electrons. The molecule has 1 heterocycles. The number of carbonyl (C=O) groups excluding carboxylic acids is 1. The van der Waals surface area contributed by atoms with Crippen LogP contribution in [0.3, 0.4) is 0 Å². The van der Waals surface area contributed by atoms with E-state index in [1.54, 1.807) is 0 Å². The SMILES string of the molecule is CC1CCCN(C(=O)Nc2ccc(F)cc2)C1C(=O)O. The van der Waals surface area contributed by atoms with Gasteiger partial charge in [-0.2, -0.15) is 0 Å². The van der Waals surface area contributed by atoms with Gasteiger partial charge in [0.1, 0.15) is 11.9 Å². The molecule has 0 aliphatic carbocycles. The molecule has 6 heteroatoms. The molecule has 1 fully saturated rings. The van der Waals surface area contributed by atoms with Gasteiger partial charge in [0.05, 0.1) is 0 Å². The van der Waals surface area contributed by atoms with Gasteiger partial charge in [0.25, 0.3) is 0 Å². The minimum absolute atomic E-state index is 0.0831. The standard InChI is InChI=1S/C14H17FN2O3/c1-9-3-2-8-17(12(9)13(18)19)14(20)16-11-6-4-10(15)5-7-11/h4-7,9,12H,2-3,8H2,1H3,(H,16,20)(H,18,19). The largest absolute Gasteiger partial charge is 0.480 e. The van der Waals surface area contributed by atoms with E-state index < -0.39 is 23.9 Å². The van der Waals surface area contributed by atoms with Crippen molar-refractivity contribution in [1.82, 2.24) is 4.90 Å². The smallest absolute Gasteiger partial charge is 0.326 e. The van der Waals surface area contributed by atoms with E-state index in [1.165, 1.54) is 29.2 Å². The van der Waals surface area contributed by atoms with E-state index in [0.29, 0.717) is 12.2 Å². The van der Waals surface area contributed by atoms with Crippen LogP contribution in [0, 0.1) is 11.7 Å². The summed E-state index contributed by atoms with van der Waals surface area (Å²) in [5.74, 6) is -1.47. The van der Waals surface area contributed by atoms with Crippen LogP contribution in [0.1, 0.15) is 19.8 Å². The number of carboxylic acids is 1. The van der Waals surface area contributed by atoms with Crippen LogP contribution >= 0.6 is 0 Å². The number of nitrogens with zero attached hydrogens (tertiary/aromatic N) is 1. The molecule has 0 aromatic heterocycles. The molecule has 1 aromatic rings. The summed E-state index contributed by atoms with van der Waals surface area (Å²) in [6.45, 7) is 2.24. The highest BCUT2D eigenvalue weighted by atomic mass is 19.1. The van der Waals surface area contributed by atoms with Crippen molar-refractivity contribution in [3.05, 3.63) is 30.1 Å². The van der Waals surface area contributed by atoms with Crippen LogP contribution < -0.4 is 5.32 Å². The highest BCUT2D eigenvalue weighted by Gasteiger charge is 2.37. The Morgan fingerprint density at radius 3 is 2.60 bits per heavy atom. The maximum atomic E-state index is 12.8. The Hall–Kier alpha value is -2.11. The molecule has 2 amide bonds. The summed E-state index contributed by atoms with van der Waals surface area (Å²) in [7, 11) is 0. The molecule has 5 nitrogen and oxygen atoms in total. The molecule has 1 aromatic carbocycles. The summed E-state index contributed by atoms with van der Waals surface area (Å²) in [4.78, 5) is 24.8. The number of hydrogen-bond donors (Lipinski definition) is 2. The molecule has 2 atom stereocenters. The number of halogens is 1. The van der Waals surface area contributed by atoms with Gasteiger partial charge in [0.2, 0.25) is 0 Å². The Morgan fingerprint density at radius 1 is 1.35 bits per heavy atom. The van der Waals surface area contributed by atoms with E-state index in [1.807, 2.05) is 6.92 Å². The molecule has 0 spiro atoms. The number of aliphatic carboxylic acids is 1. The third kappa shape index (κ3) is 3.07. The summed E-state index contributed by atoms with van der Waals surface area (Å²) >= 11 is 0. The second-order valence-electron chi connectivity index (χ2n) is 5.03. The normalized spacial score (nSPS) is 22.4. The predicted molar refractivity (Wildman–Crippen MR) is 71.9 cm³/mol. The van der Waals surface area contributed by atoms with Crippen LogP contribution in [-0.4, -0.2) is 34.6 Å². The van der Waals surface area contributed by atoms with Crippen LogP contribution in [0.2, 0.25) is 0 Å². The minimum Gasteiger partial charge on any atom is -0.480 e. The van der Waals surface area contributed by atoms with Crippen molar-refractivity contribution in [2.24, 2.45) is 5.92 Å². The maximum absolute atomic E-state index is 12.8. The van der Waals surface area contributed by atoms with Gasteiger partial charge in [-0.25, -0.2) is 14.0 Å². The van der Waals surface area contributed by atoms with Gasteiger partial charge in [-0.1, -0.05) is 6.92 Å². The lowest BCUT2D eigenvalue weighted by Crippen LogP contribution is -2.53. The van der Waals surface area contributed by atoms with Crippen LogP contribution in [0.25, 0.3) is 0 Å². The van der Waals surface area contributed by atoms with E-state index >= 15 is 0 Å². The summed E-state index contributed by atoms with van der Waals surface area (Å²) in [5, 5.41) is 11.9. The number of amides is 2. The molecular weight excluding hydrogens is 263 g/mol. The zero-order valence-corrected chi connectivity index (χ0v) is 11.2. The van der Waals surface area contributed by atoms with Crippen LogP contribution in [0.5, 0.6) is 0 Å². The Bertz CT molecular complexity index is 504. The number of likely N-dealkylation sites (tertiary alicyclic amines) is 1. The molecule has 20 heavy (non-hydrogen) atoms. The molecular formula is C14H17FN2O3. The molecule has 0 bridgehead atoms. The van der Waals surface area contributed by atoms with Gasteiger partial charge in [0, 0.05) is 12.2 Å². The van der Waals surface area contributed by atoms with Crippen molar-refractivity contribution < 1.29 is 19.1 Å². The summed E-state index contributed by atoms with van der Waals surface area (Å²) in [6, 6.07) is 4.08. The van der Waals surface area contributed by atoms with Crippen molar-refractivity contribution in [2.75, 3.05) is 11.9 Å². The second kappa shape index (κ2) is 5.90. The topological polar surface area (TPSA) is 69.6 Å². The first kappa shape index (κ1) is 14.3. The maximum Gasteiger partial charge on any atom is 0.326 e. The summed E-state index contributed by atoms with van der Waals surface area (Å²) < 4.78 is 12.8. The molecule has 0 saturated carbocycles. The third-order valence-corrected chi connectivity index (χ3v) is 3.54. The van der Waals surface area contributed by atoms with Crippen molar-refractivity contribution in [1.29, 1.82) is 0 Å². The number of hydrogen-bond acceptors (Lipinski definition) is 2. The molecule has 1 saturated heterocycles. The first-order valence-corrected chi connectivity index (χ1v) is 6.55. The number of piperidine rings is 1. The fraction of sp³-hybridized carbons (Fsp3) is 0.429. The Kier molecular flexibility index (Phi) is 4.22. The first-order chi connectivity index (χ1) is 9.49. The molecule has 2 unspecified atom stereocenters. The van der Waals surface area contributed by atoms with Gasteiger partial charge in [0.15, 0.2) is 0 Å². The average molecular weight is 280 g/mol. The van der Waals surface area contributed by atoms with Gasteiger partial charge >= 0.3 is 12.0 Å². The molecule has 2 N–H and O–H groups in total. The van der Waals surface area contributed by atoms with Gasteiger partial charge in [-0.3, -0.25) is 0 Å². The zero-order chi connectivity index (χ0) is 14.7. The average Bonchev–Trinajstić information content (AvgIpc) is 2.40. The van der Waals surface area contributed by atoms with Crippen molar-refractivity contribution in [3.8, 4) is 0 Å². The summed E-state index contributed by atoms with van der Waals surface area (Å²) in [5.41, 5.74) is 0.443. The lowest BCUT2D eigenvalue weighted by molar-refractivity contribution is -0.145. The molecule has 2 rings (SSSR count). The van der Waals surface area contributed by atoms with Crippen molar-refractivity contribution >= 4 is 17.7 Å². The van der Waals surface area contributed by atoms with Crippen molar-refractivity contribution in [3.63, 3.8) is 0 Å². The highest BCUT2D eigenvalue weighted by molar-refractivity contribution is 5.92. The van der Waals surface area contributed by atoms with Gasteiger partial charge in [-0.05, 0) is 43.0 Å². The third-order valence-electron chi connectivity index (χ3n) is 3.54. The number of carboxylic acid groups (broad SMARTS) is 1. The lowest BCUT2D eigenvalue weighted by Gasteiger charge is -2.37. The van der Waals surface area contributed by atoms with E-state index in [9.17, 15) is 19.1 Å². The Morgan fingerprint density at radius 2 is 2.00 bits per heavy atom. The second-order valence-corrected chi connectivity index (χ2v) is 5.03. The fourth-order valence-electron chi connectivity index (χ4n) is 2.52. The van der Waals surface area contributed by atoms with Gasteiger partial charge < -0.3 is 15.3 Å². The van der Waals surface area contributed by atoms with E-state index in [2.05, 4.69) is 5.32 Å². The molecule has 1 aliphatic heterocycles. The van der Waals surface area contributed by atoms with Crippen LogP contribution in [0.15, 0.2) is 24.3 Å². The zero-order valence-electron chi connectivity index (χ0n) is 11.2. The number of nitrogens with one attached hydrogen (secondary N) is 1. The molecule has 108 valence electrons. The highest BCUT2D eigenvalue weighted by Crippen LogP contribution is 2.24. The van der Waals surface area contributed by atoms with Crippen LogP contribution in [-0.2, 0) is 4.79 Å². The van der Waals surface area contributed by atoms with Crippen molar-refractivity contribution in [2.45, 2.75) is 25.8 Å². The van der Waals surface area contributed by atoms with E-state index in [4.69, 9.17) is 0 Å². The molecule has 1 aliphatic rings. The Labute approximate surface area is 116 Å². The van der Waals surface area contributed by atoms with E-state index in [0.717, 1.165) is 12.8 Å². The van der Waals surface area contributed by atoms with Crippen LogP contribution in [0.4, 0.5) is 14.9 Å². The lowest BCUT2D eigenvalue weighted by atomic mass is 9.91. The number of anilines is 1. The van der Waals surface area contributed by atoms with E-state index in [-0.39, 0.29) is 5.92 Å². The quantitative estimate of drug-likeness (QED) is 0.874. The monoisotopic (exact) mass is 280 g/mol. The Balaban J connectivity index is 2.10. The number of benzene rings is 1. The minimum atomic E-state index is -0.994. The first-order valence-electron chi connectivity index (χ1n) is 6.55. The van der Waals surface area contributed by atoms with Gasteiger partial charge in [-0.15, -0.1) is 0 Å².